The highest BCUT2D eigenvalue weighted by Gasteiger charge is 2.37. The summed E-state index contributed by atoms with van der Waals surface area (Å²) in [6.07, 6.45) is -3.26. The summed E-state index contributed by atoms with van der Waals surface area (Å²) in [6, 6.07) is 5.45. The number of aromatic nitrogens is 3. The molecular weight excluding hydrogens is 523 g/mol. The molecule has 0 saturated heterocycles. The number of carbonyl (C=O) groups excluding carboxylic acids is 1. The van der Waals surface area contributed by atoms with E-state index >= 15 is 0 Å². The molecule has 1 amide bonds. The molecule has 0 aliphatic rings. The summed E-state index contributed by atoms with van der Waals surface area (Å²) in [5.41, 5.74) is -0.455. The van der Waals surface area contributed by atoms with Crippen LogP contribution in [0.2, 0.25) is 0 Å². The summed E-state index contributed by atoms with van der Waals surface area (Å²) in [5.74, 6) is -0.462. The molecule has 1 aromatic carbocycles. The highest BCUT2D eigenvalue weighted by molar-refractivity contribution is 9.10. The first-order chi connectivity index (χ1) is 14.5. The van der Waals surface area contributed by atoms with Crippen molar-refractivity contribution in [1.29, 1.82) is 0 Å². The first kappa shape index (κ1) is 23.2. The topological polar surface area (TPSA) is 106 Å². The van der Waals surface area contributed by atoms with Crippen LogP contribution in [0.4, 0.5) is 24.0 Å². The molecule has 166 valence electrons. The van der Waals surface area contributed by atoms with Gasteiger partial charge in [0, 0.05) is 23.7 Å². The molecule has 3 aromatic rings. The third kappa shape index (κ3) is 5.62. The Morgan fingerprint density at radius 2 is 1.94 bits per heavy atom. The Bertz CT molecular complexity index is 1180. The molecule has 2 aromatic heterocycles. The second-order valence-electron chi connectivity index (χ2n) is 6.23. The number of anilines is 2. The molecule has 2 heterocycles. The first-order valence-corrected chi connectivity index (χ1v) is 11.8. The van der Waals surface area contributed by atoms with Gasteiger partial charge in [0.05, 0.1) is 21.6 Å². The van der Waals surface area contributed by atoms with Crippen molar-refractivity contribution in [1.82, 2.24) is 14.8 Å². The minimum Gasteiger partial charge on any atom is -0.326 e. The number of aryl methyl sites for hydroxylation is 1. The van der Waals surface area contributed by atoms with Crippen molar-refractivity contribution in [2.24, 2.45) is 0 Å². The van der Waals surface area contributed by atoms with Gasteiger partial charge in [0.2, 0.25) is 5.91 Å². The largest absolute Gasteiger partial charge is 0.436 e. The predicted octanol–water partition coefficient (Wildman–Crippen LogP) is 4.26. The minimum absolute atomic E-state index is 0.0163. The van der Waals surface area contributed by atoms with Crippen molar-refractivity contribution in [3.8, 4) is 0 Å². The Morgan fingerprint density at radius 1 is 1.26 bits per heavy atom. The van der Waals surface area contributed by atoms with Crippen molar-refractivity contribution in [2.45, 2.75) is 31.0 Å². The highest BCUT2D eigenvalue weighted by atomic mass is 79.9. The maximum absolute atomic E-state index is 12.9. The summed E-state index contributed by atoms with van der Waals surface area (Å²) in [6.45, 7) is 1.40. The van der Waals surface area contributed by atoms with Crippen LogP contribution in [-0.2, 0) is 27.5 Å². The van der Waals surface area contributed by atoms with Crippen LogP contribution >= 0.6 is 27.3 Å². The lowest BCUT2D eigenvalue weighted by Gasteiger charge is -2.09. The fraction of sp³-hybridized carbons (Fsp3) is 0.235. The molecule has 0 radical (unpaired) electrons. The number of thiazole rings is 1. The lowest BCUT2D eigenvalue weighted by atomic mass is 10.3. The summed E-state index contributed by atoms with van der Waals surface area (Å²) in [4.78, 5) is 16.0. The van der Waals surface area contributed by atoms with Crippen LogP contribution in [0.5, 0.6) is 0 Å². The fourth-order valence-corrected chi connectivity index (χ4v) is 4.82. The van der Waals surface area contributed by atoms with E-state index in [0.717, 1.165) is 16.0 Å². The Labute approximate surface area is 187 Å². The zero-order valence-electron chi connectivity index (χ0n) is 15.8. The number of nitrogens with zero attached hydrogens (tertiary/aromatic N) is 3. The van der Waals surface area contributed by atoms with Gasteiger partial charge >= 0.3 is 6.18 Å². The van der Waals surface area contributed by atoms with Crippen molar-refractivity contribution in [2.75, 3.05) is 10.0 Å². The molecule has 3 rings (SSSR count). The lowest BCUT2D eigenvalue weighted by molar-refractivity contribution is -0.142. The average molecular weight is 538 g/mol. The van der Waals surface area contributed by atoms with Gasteiger partial charge in [0.25, 0.3) is 10.0 Å². The van der Waals surface area contributed by atoms with Gasteiger partial charge in [-0.15, -0.1) is 11.3 Å². The minimum atomic E-state index is -4.60. The summed E-state index contributed by atoms with van der Waals surface area (Å²) in [5, 5.41) is 7.94. The third-order valence-electron chi connectivity index (χ3n) is 4.05. The number of amides is 1. The molecule has 0 saturated carbocycles. The normalized spacial score (nSPS) is 12.0. The molecule has 8 nitrogen and oxygen atoms in total. The monoisotopic (exact) mass is 537 g/mol. The Hall–Kier alpha value is -2.45. The number of sulfonamides is 1. The van der Waals surface area contributed by atoms with Gasteiger partial charge < -0.3 is 5.32 Å². The number of alkyl halides is 3. The van der Waals surface area contributed by atoms with E-state index < -0.39 is 27.8 Å². The molecule has 0 unspecified atom stereocenters. The van der Waals surface area contributed by atoms with E-state index in [1.165, 1.54) is 37.4 Å². The summed E-state index contributed by atoms with van der Waals surface area (Å²) >= 11 is 4.01. The van der Waals surface area contributed by atoms with Crippen molar-refractivity contribution >= 4 is 54.0 Å². The Morgan fingerprint density at radius 3 is 2.48 bits per heavy atom. The van der Waals surface area contributed by atoms with Crippen molar-refractivity contribution < 1.29 is 26.4 Å². The number of hydrogen-bond acceptors (Lipinski definition) is 6. The maximum atomic E-state index is 12.9. The van der Waals surface area contributed by atoms with E-state index in [1.807, 2.05) is 0 Å². The van der Waals surface area contributed by atoms with Gasteiger partial charge in [0.1, 0.15) is 0 Å². The van der Waals surface area contributed by atoms with E-state index in [4.69, 9.17) is 0 Å². The smallest absolute Gasteiger partial charge is 0.326 e. The molecule has 0 fully saturated rings. The van der Waals surface area contributed by atoms with E-state index in [0.29, 0.717) is 5.69 Å². The second kappa shape index (κ2) is 8.96. The Balaban J connectivity index is 1.60. The molecule has 2 N–H and O–H groups in total. The number of nitrogens with one attached hydrogen (secondary N) is 2. The van der Waals surface area contributed by atoms with E-state index in [-0.39, 0.29) is 33.2 Å². The molecule has 14 heteroatoms. The summed E-state index contributed by atoms with van der Waals surface area (Å²) in [7, 11) is -3.82. The number of hydrogen-bond donors (Lipinski definition) is 2. The van der Waals surface area contributed by atoms with E-state index in [1.54, 1.807) is 5.38 Å². The first-order valence-electron chi connectivity index (χ1n) is 8.59. The molecule has 0 aliphatic heterocycles. The molecular formula is C17H15BrF3N5O3S2. The van der Waals surface area contributed by atoms with Gasteiger partial charge in [0.15, 0.2) is 10.8 Å². The standard InChI is InChI=1S/C17H15BrF3N5O3S2/c1-10-14(18)15(17(19,20)21)24-26(10)8-6-13(27)23-11-2-4-12(5-3-11)31(28,29)25-16-22-7-9-30-16/h2-5,7,9H,6,8H2,1H3,(H,22,25)(H,23,27). The Kier molecular flexibility index (Phi) is 6.71. The SMILES string of the molecule is Cc1c(Br)c(C(F)(F)F)nn1CCC(=O)Nc1ccc(S(=O)(=O)Nc2nccs2)cc1. The second-order valence-corrected chi connectivity index (χ2v) is 9.60. The van der Waals surface area contributed by atoms with Gasteiger partial charge in [-0.1, -0.05) is 0 Å². The third-order valence-corrected chi connectivity index (χ3v) is 7.18. The number of halogens is 4. The van der Waals surface area contributed by atoms with E-state index in [9.17, 15) is 26.4 Å². The number of rotatable bonds is 7. The van der Waals surface area contributed by atoms with Gasteiger partial charge in [-0.2, -0.15) is 18.3 Å². The molecule has 0 spiro atoms. The van der Waals surface area contributed by atoms with Crippen LogP contribution in [0, 0.1) is 6.92 Å². The van der Waals surface area contributed by atoms with Crippen LogP contribution in [-0.4, -0.2) is 29.1 Å². The van der Waals surface area contributed by atoms with Gasteiger partial charge in [-0.3, -0.25) is 14.2 Å². The lowest BCUT2D eigenvalue weighted by Crippen LogP contribution is -2.16. The van der Waals surface area contributed by atoms with Gasteiger partial charge in [-0.25, -0.2) is 13.4 Å². The van der Waals surface area contributed by atoms with Crippen LogP contribution in [0.15, 0.2) is 45.2 Å². The number of benzene rings is 1. The summed E-state index contributed by atoms with van der Waals surface area (Å²) < 4.78 is 66.6. The molecule has 0 bridgehead atoms. The zero-order valence-corrected chi connectivity index (χ0v) is 19.0. The highest BCUT2D eigenvalue weighted by Crippen LogP contribution is 2.35. The van der Waals surface area contributed by atoms with E-state index in [2.05, 4.69) is 36.1 Å². The fourth-order valence-electron chi connectivity index (χ4n) is 2.52. The quantitative estimate of drug-likeness (QED) is 0.468. The van der Waals surface area contributed by atoms with Crippen molar-refractivity contribution in [3.63, 3.8) is 0 Å². The van der Waals surface area contributed by atoms with Gasteiger partial charge in [-0.05, 0) is 47.1 Å². The zero-order chi connectivity index (χ0) is 22.8. The van der Waals surface area contributed by atoms with Crippen LogP contribution in [0.25, 0.3) is 0 Å². The van der Waals surface area contributed by atoms with Crippen LogP contribution < -0.4 is 10.0 Å². The van der Waals surface area contributed by atoms with Crippen molar-refractivity contribution in [3.05, 3.63) is 51.7 Å². The molecule has 0 atom stereocenters. The number of carbonyl (C=O) groups is 1. The van der Waals surface area contributed by atoms with Crippen LogP contribution in [0.3, 0.4) is 0 Å². The molecule has 31 heavy (non-hydrogen) atoms. The van der Waals surface area contributed by atoms with Crippen LogP contribution in [0.1, 0.15) is 17.8 Å². The predicted molar refractivity (Wildman–Crippen MR) is 112 cm³/mol. The molecule has 0 aliphatic carbocycles. The maximum Gasteiger partial charge on any atom is 0.436 e. The average Bonchev–Trinajstić information content (AvgIpc) is 3.28.